The van der Waals surface area contributed by atoms with Gasteiger partial charge in [0.2, 0.25) is 0 Å². The molecule has 0 bridgehead atoms. The fraction of sp³-hybridized carbons (Fsp3) is 0.600. The third-order valence-corrected chi connectivity index (χ3v) is 5.21. The molecule has 0 spiro atoms. The lowest BCUT2D eigenvalue weighted by Crippen LogP contribution is -2.53. The number of aromatic hydroxyl groups is 1. The molecule has 1 aliphatic carbocycles. The Morgan fingerprint density at radius 3 is 2.95 bits per heavy atom. The summed E-state index contributed by atoms with van der Waals surface area (Å²) >= 11 is 3.46. The minimum absolute atomic E-state index is 0.0524. The Labute approximate surface area is 122 Å². The quantitative estimate of drug-likeness (QED) is 0.743. The van der Waals surface area contributed by atoms with E-state index in [4.69, 9.17) is 0 Å². The highest BCUT2D eigenvalue weighted by molar-refractivity contribution is 9.10. The van der Waals surface area contributed by atoms with E-state index in [1.807, 2.05) is 12.1 Å². The van der Waals surface area contributed by atoms with Crippen molar-refractivity contribution in [3.05, 3.63) is 28.2 Å². The average Bonchev–Trinajstić information content (AvgIpc) is 2.40. The van der Waals surface area contributed by atoms with Crippen molar-refractivity contribution in [3.8, 4) is 5.75 Å². The van der Waals surface area contributed by atoms with E-state index in [1.165, 1.54) is 6.42 Å². The molecule has 1 aliphatic heterocycles. The Bertz CT molecular complexity index is 475. The van der Waals surface area contributed by atoms with Gasteiger partial charge in [0.25, 0.3) is 0 Å². The topological polar surface area (TPSA) is 52.5 Å². The maximum absolute atomic E-state index is 10.8. The summed E-state index contributed by atoms with van der Waals surface area (Å²) < 4.78 is 0.965. The number of rotatable bonds is 1. The maximum Gasteiger partial charge on any atom is 0.120 e. The monoisotopic (exact) mass is 325 g/mol. The molecule has 1 saturated carbocycles. The van der Waals surface area contributed by atoms with Crippen LogP contribution in [0.5, 0.6) is 5.75 Å². The summed E-state index contributed by atoms with van der Waals surface area (Å²) in [6, 6.07) is 5.58. The molecule has 3 atom stereocenters. The van der Waals surface area contributed by atoms with Gasteiger partial charge in [-0.1, -0.05) is 28.8 Å². The van der Waals surface area contributed by atoms with Crippen LogP contribution in [0.15, 0.2) is 22.7 Å². The highest BCUT2D eigenvalue weighted by Gasteiger charge is 2.46. The van der Waals surface area contributed by atoms with Gasteiger partial charge >= 0.3 is 0 Å². The largest absolute Gasteiger partial charge is 0.508 e. The van der Waals surface area contributed by atoms with Crippen molar-refractivity contribution in [1.29, 1.82) is 0 Å². The van der Waals surface area contributed by atoms with E-state index < -0.39 is 5.60 Å². The zero-order chi connectivity index (χ0) is 13.5. The minimum Gasteiger partial charge on any atom is -0.508 e. The Morgan fingerprint density at radius 2 is 2.11 bits per heavy atom. The van der Waals surface area contributed by atoms with Crippen LogP contribution in [0.3, 0.4) is 0 Å². The van der Waals surface area contributed by atoms with E-state index in [9.17, 15) is 10.2 Å². The van der Waals surface area contributed by atoms with Crippen LogP contribution in [-0.2, 0) is 0 Å². The van der Waals surface area contributed by atoms with Gasteiger partial charge in [0.05, 0.1) is 5.60 Å². The first-order valence-corrected chi connectivity index (χ1v) is 7.84. The van der Waals surface area contributed by atoms with E-state index in [0.717, 1.165) is 42.3 Å². The molecule has 1 saturated heterocycles. The molecule has 0 amide bonds. The van der Waals surface area contributed by atoms with E-state index in [2.05, 4.69) is 21.2 Å². The number of halogens is 1. The molecule has 104 valence electrons. The third kappa shape index (κ3) is 2.41. The van der Waals surface area contributed by atoms with Gasteiger partial charge in [-0.2, -0.15) is 0 Å². The molecule has 3 rings (SSSR count). The molecule has 3 N–H and O–H groups in total. The number of hydrogen-bond acceptors (Lipinski definition) is 3. The molecule has 1 heterocycles. The molecule has 1 aromatic carbocycles. The van der Waals surface area contributed by atoms with E-state index in [0.29, 0.717) is 5.75 Å². The number of phenolic OH excluding ortho intramolecular Hbond substituents is 1. The van der Waals surface area contributed by atoms with Gasteiger partial charge in [0, 0.05) is 22.0 Å². The third-order valence-electron chi connectivity index (χ3n) is 4.71. The average molecular weight is 326 g/mol. The Morgan fingerprint density at radius 1 is 1.26 bits per heavy atom. The highest BCUT2D eigenvalue weighted by atomic mass is 79.9. The van der Waals surface area contributed by atoms with Crippen molar-refractivity contribution >= 4 is 15.9 Å². The lowest BCUT2D eigenvalue weighted by molar-refractivity contribution is -0.0863. The van der Waals surface area contributed by atoms with Crippen molar-refractivity contribution in [2.45, 2.75) is 43.7 Å². The van der Waals surface area contributed by atoms with Crippen LogP contribution >= 0.6 is 15.9 Å². The number of piperidine rings is 1. The van der Waals surface area contributed by atoms with E-state index >= 15 is 0 Å². The molecule has 3 nitrogen and oxygen atoms in total. The van der Waals surface area contributed by atoms with Gasteiger partial charge in [-0.25, -0.2) is 0 Å². The number of aliphatic hydroxyl groups is 1. The van der Waals surface area contributed by atoms with Crippen LogP contribution in [0.25, 0.3) is 0 Å². The number of fused-ring (bicyclic) bond motifs is 1. The van der Waals surface area contributed by atoms with Gasteiger partial charge in [0.1, 0.15) is 5.75 Å². The van der Waals surface area contributed by atoms with Crippen LogP contribution < -0.4 is 5.32 Å². The van der Waals surface area contributed by atoms with Crippen LogP contribution in [0, 0.1) is 5.92 Å². The summed E-state index contributed by atoms with van der Waals surface area (Å²) in [4.78, 5) is 0. The van der Waals surface area contributed by atoms with Crippen molar-refractivity contribution in [2.75, 3.05) is 6.54 Å². The predicted molar refractivity (Wildman–Crippen MR) is 78.1 cm³/mol. The van der Waals surface area contributed by atoms with E-state index in [-0.39, 0.29) is 12.0 Å². The van der Waals surface area contributed by atoms with Crippen LogP contribution in [0.4, 0.5) is 0 Å². The number of phenols is 1. The first kappa shape index (κ1) is 13.4. The molecule has 4 heteroatoms. The Hall–Kier alpha value is -0.580. The summed E-state index contributed by atoms with van der Waals surface area (Å²) in [5, 5.41) is 24.5. The normalized spacial score (nSPS) is 34.8. The highest BCUT2D eigenvalue weighted by Crippen LogP contribution is 2.47. The second-order valence-electron chi connectivity index (χ2n) is 5.84. The van der Waals surface area contributed by atoms with Gasteiger partial charge in [-0.3, -0.25) is 0 Å². The summed E-state index contributed by atoms with van der Waals surface area (Å²) in [7, 11) is 0. The fourth-order valence-corrected chi connectivity index (χ4v) is 4.10. The SMILES string of the molecule is Oc1ccc(Br)cc1C1NCCC2(O)CCCCC12. The minimum atomic E-state index is -0.553. The molecule has 1 aromatic rings. The molecular formula is C15H20BrNO2. The molecule has 2 aliphatic rings. The lowest BCUT2D eigenvalue weighted by Gasteiger charge is -2.48. The maximum atomic E-state index is 10.8. The molecule has 19 heavy (non-hydrogen) atoms. The molecule has 0 radical (unpaired) electrons. The zero-order valence-electron chi connectivity index (χ0n) is 10.9. The van der Waals surface area contributed by atoms with Gasteiger partial charge in [-0.15, -0.1) is 0 Å². The Balaban J connectivity index is 1.96. The molecule has 3 unspecified atom stereocenters. The standard InChI is InChI=1S/C15H20BrNO2/c16-10-4-5-13(18)11(9-10)14-12-3-1-2-6-15(12,19)7-8-17-14/h4-5,9,12,14,17-19H,1-3,6-8H2. The Kier molecular flexibility index (Phi) is 3.58. The van der Waals surface area contributed by atoms with Crippen LogP contribution in [-0.4, -0.2) is 22.4 Å². The summed E-state index contributed by atoms with van der Waals surface area (Å²) in [6.07, 6.45) is 5.03. The van der Waals surface area contributed by atoms with Crippen molar-refractivity contribution in [3.63, 3.8) is 0 Å². The summed E-state index contributed by atoms with van der Waals surface area (Å²) in [6.45, 7) is 0.809. The second kappa shape index (κ2) is 5.08. The van der Waals surface area contributed by atoms with Gasteiger partial charge in [0.15, 0.2) is 0 Å². The van der Waals surface area contributed by atoms with Gasteiger partial charge in [-0.05, 0) is 44.0 Å². The first-order chi connectivity index (χ1) is 9.10. The smallest absolute Gasteiger partial charge is 0.120 e. The van der Waals surface area contributed by atoms with Gasteiger partial charge < -0.3 is 15.5 Å². The number of nitrogens with one attached hydrogen (secondary N) is 1. The first-order valence-electron chi connectivity index (χ1n) is 7.04. The van der Waals surface area contributed by atoms with Crippen molar-refractivity contribution in [2.24, 2.45) is 5.92 Å². The van der Waals surface area contributed by atoms with Crippen molar-refractivity contribution < 1.29 is 10.2 Å². The number of benzene rings is 1. The zero-order valence-corrected chi connectivity index (χ0v) is 12.5. The fourth-order valence-electron chi connectivity index (χ4n) is 3.72. The molecular weight excluding hydrogens is 306 g/mol. The predicted octanol–water partition coefficient (Wildman–Crippen LogP) is 3.11. The van der Waals surface area contributed by atoms with Crippen molar-refractivity contribution in [1.82, 2.24) is 5.32 Å². The lowest BCUT2D eigenvalue weighted by atomic mass is 9.66. The second-order valence-corrected chi connectivity index (χ2v) is 6.76. The number of hydrogen-bond donors (Lipinski definition) is 3. The molecule has 2 fully saturated rings. The summed E-state index contributed by atoms with van der Waals surface area (Å²) in [5.41, 5.74) is 0.350. The van der Waals surface area contributed by atoms with E-state index in [1.54, 1.807) is 6.07 Å². The van der Waals surface area contributed by atoms with Crippen LogP contribution in [0.2, 0.25) is 0 Å². The summed E-state index contributed by atoms with van der Waals surface area (Å²) in [5.74, 6) is 0.519. The van der Waals surface area contributed by atoms with Crippen LogP contribution in [0.1, 0.15) is 43.7 Å². The molecule has 0 aromatic heterocycles.